The van der Waals surface area contributed by atoms with Gasteiger partial charge in [0.2, 0.25) is 0 Å². The van der Waals surface area contributed by atoms with Gasteiger partial charge in [-0.2, -0.15) is 0 Å². The van der Waals surface area contributed by atoms with E-state index in [9.17, 15) is 0 Å². The van der Waals surface area contributed by atoms with Crippen LogP contribution in [0, 0.1) is 5.41 Å². The van der Waals surface area contributed by atoms with Crippen molar-refractivity contribution in [1.29, 1.82) is 5.41 Å². The highest BCUT2D eigenvalue weighted by molar-refractivity contribution is 6.18. The third-order valence-corrected chi connectivity index (χ3v) is 2.15. The number of nitrogens with one attached hydrogen (secondary N) is 1. The molecule has 0 aliphatic rings. The van der Waals surface area contributed by atoms with E-state index in [1.165, 1.54) is 0 Å². The number of hydrogen-bond acceptors (Lipinski definition) is 2. The second-order valence-corrected chi connectivity index (χ2v) is 3.32. The van der Waals surface area contributed by atoms with Crippen molar-refractivity contribution in [1.82, 2.24) is 0 Å². The van der Waals surface area contributed by atoms with E-state index in [0.717, 1.165) is 17.5 Å². The SMILES string of the molecule is CC(=N)c1cccc(CCCl)c1N. The Bertz CT molecular complexity index is 321. The van der Waals surface area contributed by atoms with Crippen molar-refractivity contribution < 1.29 is 0 Å². The molecule has 0 bridgehead atoms. The minimum atomic E-state index is 0.494. The fraction of sp³-hybridized carbons (Fsp3) is 0.300. The van der Waals surface area contributed by atoms with Crippen molar-refractivity contribution in [2.75, 3.05) is 11.6 Å². The van der Waals surface area contributed by atoms with Gasteiger partial charge in [0.05, 0.1) is 0 Å². The summed E-state index contributed by atoms with van der Waals surface area (Å²) in [6.07, 6.45) is 0.758. The summed E-state index contributed by atoms with van der Waals surface area (Å²) in [7, 11) is 0. The van der Waals surface area contributed by atoms with Gasteiger partial charge in [-0.3, -0.25) is 0 Å². The average Bonchev–Trinajstić information content (AvgIpc) is 2.08. The topological polar surface area (TPSA) is 49.9 Å². The van der Waals surface area contributed by atoms with E-state index in [1.54, 1.807) is 6.92 Å². The number of hydrogen-bond donors (Lipinski definition) is 2. The Hall–Kier alpha value is -1.02. The van der Waals surface area contributed by atoms with E-state index < -0.39 is 0 Å². The number of nitrogen functional groups attached to an aromatic ring is 1. The molecular formula is C10H13ClN2. The lowest BCUT2D eigenvalue weighted by molar-refractivity contribution is 1.15. The maximum absolute atomic E-state index is 7.49. The molecule has 0 aliphatic carbocycles. The zero-order valence-electron chi connectivity index (χ0n) is 7.60. The molecule has 1 rings (SSSR count). The van der Waals surface area contributed by atoms with Gasteiger partial charge in [0.15, 0.2) is 0 Å². The summed E-state index contributed by atoms with van der Waals surface area (Å²) >= 11 is 5.63. The number of alkyl halides is 1. The average molecular weight is 197 g/mol. The fourth-order valence-corrected chi connectivity index (χ4v) is 1.46. The monoisotopic (exact) mass is 196 g/mol. The van der Waals surface area contributed by atoms with Gasteiger partial charge in [-0.15, -0.1) is 11.6 Å². The highest BCUT2D eigenvalue weighted by Gasteiger charge is 2.05. The van der Waals surface area contributed by atoms with Crippen LogP contribution in [-0.4, -0.2) is 11.6 Å². The molecule has 0 aromatic heterocycles. The normalized spacial score (nSPS) is 10.0. The predicted molar refractivity (Wildman–Crippen MR) is 57.8 cm³/mol. The lowest BCUT2D eigenvalue weighted by Crippen LogP contribution is -2.03. The lowest BCUT2D eigenvalue weighted by Gasteiger charge is -2.08. The summed E-state index contributed by atoms with van der Waals surface area (Å²) in [6, 6.07) is 5.71. The summed E-state index contributed by atoms with van der Waals surface area (Å²) in [5.41, 5.74) is 8.89. The third kappa shape index (κ3) is 2.22. The summed E-state index contributed by atoms with van der Waals surface area (Å²) in [6.45, 7) is 1.73. The summed E-state index contributed by atoms with van der Waals surface area (Å²) < 4.78 is 0. The van der Waals surface area contributed by atoms with Crippen LogP contribution in [0.1, 0.15) is 18.1 Å². The van der Waals surface area contributed by atoms with Crippen LogP contribution in [0.4, 0.5) is 5.69 Å². The molecule has 0 spiro atoms. The van der Waals surface area contributed by atoms with Crippen molar-refractivity contribution in [2.24, 2.45) is 0 Å². The van der Waals surface area contributed by atoms with Gasteiger partial charge in [0, 0.05) is 22.8 Å². The maximum atomic E-state index is 7.49. The molecule has 1 aromatic carbocycles. The molecule has 3 heteroatoms. The molecular weight excluding hydrogens is 184 g/mol. The maximum Gasteiger partial charge on any atom is 0.0438 e. The minimum Gasteiger partial charge on any atom is -0.398 e. The third-order valence-electron chi connectivity index (χ3n) is 1.96. The van der Waals surface area contributed by atoms with Gasteiger partial charge < -0.3 is 11.1 Å². The van der Waals surface area contributed by atoms with Gasteiger partial charge in [-0.05, 0) is 18.9 Å². The molecule has 70 valence electrons. The van der Waals surface area contributed by atoms with Crippen molar-refractivity contribution in [3.8, 4) is 0 Å². The largest absolute Gasteiger partial charge is 0.398 e. The Morgan fingerprint density at radius 1 is 1.54 bits per heavy atom. The number of halogens is 1. The van der Waals surface area contributed by atoms with Crippen LogP contribution in [0.2, 0.25) is 0 Å². The van der Waals surface area contributed by atoms with E-state index >= 15 is 0 Å². The molecule has 0 radical (unpaired) electrons. The molecule has 0 aliphatic heterocycles. The van der Waals surface area contributed by atoms with Crippen LogP contribution in [0.5, 0.6) is 0 Å². The van der Waals surface area contributed by atoms with E-state index in [2.05, 4.69) is 0 Å². The van der Waals surface area contributed by atoms with Crippen LogP contribution >= 0.6 is 11.6 Å². The zero-order chi connectivity index (χ0) is 9.84. The van der Waals surface area contributed by atoms with E-state index in [1.807, 2.05) is 18.2 Å². The molecule has 0 amide bonds. The van der Waals surface area contributed by atoms with E-state index in [0.29, 0.717) is 17.3 Å². The van der Waals surface area contributed by atoms with Crippen molar-refractivity contribution >= 4 is 23.0 Å². The zero-order valence-corrected chi connectivity index (χ0v) is 8.36. The molecule has 0 atom stereocenters. The first-order valence-electron chi connectivity index (χ1n) is 4.15. The molecule has 0 heterocycles. The molecule has 0 fully saturated rings. The van der Waals surface area contributed by atoms with Crippen LogP contribution in [0.3, 0.4) is 0 Å². The number of rotatable bonds is 3. The number of para-hydroxylation sites is 1. The minimum absolute atomic E-state index is 0.494. The van der Waals surface area contributed by atoms with E-state index in [4.69, 9.17) is 22.7 Å². The highest BCUT2D eigenvalue weighted by atomic mass is 35.5. The van der Waals surface area contributed by atoms with Gasteiger partial charge >= 0.3 is 0 Å². The van der Waals surface area contributed by atoms with Gasteiger partial charge in [-0.1, -0.05) is 18.2 Å². The Morgan fingerprint density at radius 2 is 2.23 bits per heavy atom. The van der Waals surface area contributed by atoms with Crippen molar-refractivity contribution in [3.05, 3.63) is 29.3 Å². The highest BCUT2D eigenvalue weighted by Crippen LogP contribution is 2.18. The smallest absolute Gasteiger partial charge is 0.0438 e. The standard InChI is InChI=1S/C10H13ClN2/c1-7(12)9-4-2-3-8(5-6-11)10(9)13/h2-4,12H,5-6,13H2,1H3. The Kier molecular flexibility index (Phi) is 3.32. The molecule has 0 saturated carbocycles. The van der Waals surface area contributed by atoms with Crippen molar-refractivity contribution in [2.45, 2.75) is 13.3 Å². The number of aryl methyl sites for hydroxylation is 1. The van der Waals surface area contributed by atoms with Crippen LogP contribution in [0.25, 0.3) is 0 Å². The second kappa shape index (κ2) is 4.28. The molecule has 13 heavy (non-hydrogen) atoms. The van der Waals surface area contributed by atoms with Gasteiger partial charge in [-0.25, -0.2) is 0 Å². The first-order valence-corrected chi connectivity index (χ1v) is 4.69. The number of benzene rings is 1. The Morgan fingerprint density at radius 3 is 2.77 bits per heavy atom. The summed E-state index contributed by atoms with van der Waals surface area (Å²) in [4.78, 5) is 0. The number of nitrogens with two attached hydrogens (primary N) is 1. The molecule has 1 aromatic rings. The van der Waals surface area contributed by atoms with Gasteiger partial charge in [0.1, 0.15) is 0 Å². The Labute approximate surface area is 83.2 Å². The van der Waals surface area contributed by atoms with Crippen LogP contribution in [-0.2, 0) is 6.42 Å². The van der Waals surface area contributed by atoms with Crippen LogP contribution in [0.15, 0.2) is 18.2 Å². The predicted octanol–water partition coefficient (Wildman–Crippen LogP) is 2.44. The van der Waals surface area contributed by atoms with Crippen molar-refractivity contribution in [3.63, 3.8) is 0 Å². The second-order valence-electron chi connectivity index (χ2n) is 2.94. The summed E-state index contributed by atoms with van der Waals surface area (Å²) in [5.74, 6) is 0.560. The van der Waals surface area contributed by atoms with E-state index in [-0.39, 0.29) is 0 Å². The first kappa shape index (κ1) is 10.1. The lowest BCUT2D eigenvalue weighted by atomic mass is 10.0. The quantitative estimate of drug-likeness (QED) is 0.436. The molecule has 0 unspecified atom stereocenters. The molecule has 2 nitrogen and oxygen atoms in total. The molecule has 0 saturated heterocycles. The van der Waals surface area contributed by atoms with Gasteiger partial charge in [0.25, 0.3) is 0 Å². The van der Waals surface area contributed by atoms with Crippen LogP contribution < -0.4 is 5.73 Å². The Balaban J connectivity index is 3.10. The summed E-state index contributed by atoms with van der Waals surface area (Å²) in [5, 5.41) is 7.49. The fourth-order valence-electron chi connectivity index (χ4n) is 1.26. The number of anilines is 1. The molecule has 3 N–H and O–H groups in total. The first-order chi connectivity index (χ1) is 6.16.